The van der Waals surface area contributed by atoms with Crippen LogP contribution in [0.4, 0.5) is 0 Å². The number of nitrogens with zero attached hydrogens (tertiary/aromatic N) is 1. The lowest BCUT2D eigenvalue weighted by atomic mass is 10.0. The van der Waals surface area contributed by atoms with Gasteiger partial charge in [-0.3, -0.25) is 0 Å². The standard InChI is InChI=1S/C21H13Cl2NO3S/c22-17-10-11-19(20(23)13-17)16(14-24)12-15-6-4-5-9-21(15)27-28(25,26)18-7-2-1-3-8-18/h1-13H/b16-12+. The van der Waals surface area contributed by atoms with E-state index in [9.17, 15) is 13.7 Å². The van der Waals surface area contributed by atoms with Crippen molar-refractivity contribution in [1.29, 1.82) is 5.26 Å². The van der Waals surface area contributed by atoms with E-state index in [1.165, 1.54) is 30.3 Å². The summed E-state index contributed by atoms with van der Waals surface area (Å²) in [4.78, 5) is 0.0371. The maximum Gasteiger partial charge on any atom is 0.339 e. The Kier molecular flexibility index (Phi) is 6.05. The molecule has 140 valence electrons. The lowest BCUT2D eigenvalue weighted by Gasteiger charge is -2.10. The third-order valence-electron chi connectivity index (χ3n) is 3.79. The molecule has 0 fully saturated rings. The van der Waals surface area contributed by atoms with E-state index in [0.29, 0.717) is 21.2 Å². The van der Waals surface area contributed by atoms with Gasteiger partial charge in [-0.2, -0.15) is 13.7 Å². The Labute approximate surface area is 173 Å². The molecule has 0 unspecified atom stereocenters. The highest BCUT2D eigenvalue weighted by molar-refractivity contribution is 7.87. The maximum atomic E-state index is 12.5. The number of para-hydroxylation sites is 1. The van der Waals surface area contributed by atoms with Crippen LogP contribution in [-0.2, 0) is 10.1 Å². The number of allylic oxidation sites excluding steroid dienone is 1. The molecule has 0 saturated carbocycles. The molecule has 3 rings (SSSR count). The summed E-state index contributed by atoms with van der Waals surface area (Å²) < 4.78 is 30.4. The molecular formula is C21H13Cl2NO3S. The summed E-state index contributed by atoms with van der Waals surface area (Å²) in [5, 5.41) is 10.3. The van der Waals surface area contributed by atoms with Gasteiger partial charge in [0.15, 0.2) is 0 Å². The van der Waals surface area contributed by atoms with Crippen molar-refractivity contribution in [2.45, 2.75) is 4.90 Å². The fraction of sp³-hybridized carbons (Fsp3) is 0. The van der Waals surface area contributed by atoms with E-state index in [4.69, 9.17) is 27.4 Å². The van der Waals surface area contributed by atoms with Crippen molar-refractivity contribution in [3.8, 4) is 11.8 Å². The summed E-state index contributed by atoms with van der Waals surface area (Å²) >= 11 is 12.1. The number of hydrogen-bond acceptors (Lipinski definition) is 4. The van der Waals surface area contributed by atoms with E-state index in [1.54, 1.807) is 48.5 Å². The summed E-state index contributed by atoms with van der Waals surface area (Å²) in [5.41, 5.74) is 1.15. The van der Waals surface area contributed by atoms with Gasteiger partial charge in [0.1, 0.15) is 10.6 Å². The Hall–Kier alpha value is -2.78. The zero-order valence-corrected chi connectivity index (χ0v) is 16.7. The van der Waals surface area contributed by atoms with E-state index in [-0.39, 0.29) is 16.2 Å². The first-order chi connectivity index (χ1) is 13.4. The molecule has 4 nitrogen and oxygen atoms in total. The van der Waals surface area contributed by atoms with Crippen LogP contribution in [0.15, 0.2) is 77.7 Å². The van der Waals surface area contributed by atoms with Crippen LogP contribution >= 0.6 is 23.2 Å². The number of halogens is 2. The van der Waals surface area contributed by atoms with Crippen LogP contribution in [0.5, 0.6) is 5.75 Å². The fourth-order valence-electron chi connectivity index (χ4n) is 2.46. The molecule has 28 heavy (non-hydrogen) atoms. The molecule has 0 N–H and O–H groups in total. The van der Waals surface area contributed by atoms with Crippen molar-refractivity contribution in [3.05, 3.63) is 94.0 Å². The van der Waals surface area contributed by atoms with Crippen LogP contribution in [-0.4, -0.2) is 8.42 Å². The molecule has 0 aliphatic heterocycles. The Morgan fingerprint density at radius 3 is 2.32 bits per heavy atom. The molecule has 7 heteroatoms. The lowest BCUT2D eigenvalue weighted by molar-refractivity contribution is 0.485. The minimum Gasteiger partial charge on any atom is -0.378 e. The smallest absolute Gasteiger partial charge is 0.339 e. The Morgan fingerprint density at radius 2 is 1.64 bits per heavy atom. The normalized spacial score (nSPS) is 11.7. The van der Waals surface area contributed by atoms with Crippen molar-refractivity contribution < 1.29 is 12.6 Å². The number of benzene rings is 3. The highest BCUT2D eigenvalue weighted by Gasteiger charge is 2.18. The van der Waals surface area contributed by atoms with E-state index in [0.717, 1.165) is 0 Å². The number of hydrogen-bond donors (Lipinski definition) is 0. The van der Waals surface area contributed by atoms with Crippen LogP contribution in [0.3, 0.4) is 0 Å². The fourth-order valence-corrected chi connectivity index (χ4v) is 3.95. The van der Waals surface area contributed by atoms with Crippen molar-refractivity contribution in [3.63, 3.8) is 0 Å². The second-order valence-electron chi connectivity index (χ2n) is 5.68. The third-order valence-corrected chi connectivity index (χ3v) is 5.59. The second-order valence-corrected chi connectivity index (χ2v) is 8.07. The zero-order chi connectivity index (χ0) is 20.1. The largest absolute Gasteiger partial charge is 0.378 e. The third kappa shape index (κ3) is 4.55. The van der Waals surface area contributed by atoms with E-state index >= 15 is 0 Å². The molecule has 0 atom stereocenters. The molecular weight excluding hydrogens is 417 g/mol. The van der Waals surface area contributed by atoms with E-state index < -0.39 is 10.1 Å². The van der Waals surface area contributed by atoms with Crippen molar-refractivity contribution in [2.24, 2.45) is 0 Å². The molecule has 0 aliphatic rings. The predicted molar refractivity (Wildman–Crippen MR) is 111 cm³/mol. The molecule has 0 aliphatic carbocycles. The highest BCUT2D eigenvalue weighted by Crippen LogP contribution is 2.31. The van der Waals surface area contributed by atoms with Gasteiger partial charge in [-0.15, -0.1) is 0 Å². The van der Waals surface area contributed by atoms with Gasteiger partial charge in [0.25, 0.3) is 0 Å². The van der Waals surface area contributed by atoms with Gasteiger partial charge in [-0.1, -0.05) is 65.7 Å². The first-order valence-electron chi connectivity index (χ1n) is 8.06. The summed E-state index contributed by atoms with van der Waals surface area (Å²) in [6.07, 6.45) is 1.52. The molecule has 0 radical (unpaired) electrons. The molecule has 3 aromatic rings. The summed E-state index contributed by atoms with van der Waals surface area (Å²) in [5.74, 6) is 0.101. The first kappa shape index (κ1) is 20.0. The van der Waals surface area contributed by atoms with Crippen LogP contribution < -0.4 is 4.18 Å². The zero-order valence-electron chi connectivity index (χ0n) is 14.3. The minimum absolute atomic E-state index is 0.0371. The Balaban J connectivity index is 2.02. The predicted octanol–water partition coefficient (Wildman–Crippen LogP) is 5.83. The van der Waals surface area contributed by atoms with Gasteiger partial charge in [0, 0.05) is 16.1 Å². The molecule has 0 amide bonds. The molecule has 3 aromatic carbocycles. The first-order valence-corrected chi connectivity index (χ1v) is 10.2. The minimum atomic E-state index is -4.01. The average molecular weight is 430 g/mol. The van der Waals surface area contributed by atoms with Gasteiger partial charge in [0.05, 0.1) is 16.7 Å². The SMILES string of the molecule is N#C/C(=C\c1ccccc1OS(=O)(=O)c1ccccc1)c1ccc(Cl)cc1Cl. The van der Waals surface area contributed by atoms with Crippen molar-refractivity contribution in [2.75, 3.05) is 0 Å². The van der Waals surface area contributed by atoms with Crippen LogP contribution in [0, 0.1) is 11.3 Å². The molecule has 0 bridgehead atoms. The van der Waals surface area contributed by atoms with Crippen molar-refractivity contribution >= 4 is 45.0 Å². The summed E-state index contributed by atoms with van der Waals surface area (Å²) in [6.45, 7) is 0. The Bertz CT molecular complexity index is 1180. The number of rotatable bonds is 5. The monoisotopic (exact) mass is 429 g/mol. The van der Waals surface area contributed by atoms with Gasteiger partial charge in [-0.25, -0.2) is 0 Å². The van der Waals surface area contributed by atoms with Gasteiger partial charge in [0.2, 0.25) is 0 Å². The topological polar surface area (TPSA) is 67.2 Å². The maximum absolute atomic E-state index is 12.5. The average Bonchev–Trinajstić information content (AvgIpc) is 2.68. The molecule has 0 heterocycles. The van der Waals surface area contributed by atoms with Crippen LogP contribution in [0.25, 0.3) is 11.6 Å². The lowest BCUT2D eigenvalue weighted by Crippen LogP contribution is -2.10. The molecule has 0 spiro atoms. The molecule has 0 aromatic heterocycles. The Morgan fingerprint density at radius 1 is 0.964 bits per heavy atom. The van der Waals surface area contributed by atoms with Gasteiger partial charge in [-0.05, 0) is 36.4 Å². The van der Waals surface area contributed by atoms with E-state index in [1.807, 2.05) is 0 Å². The van der Waals surface area contributed by atoms with Crippen molar-refractivity contribution in [1.82, 2.24) is 0 Å². The highest BCUT2D eigenvalue weighted by atomic mass is 35.5. The summed E-state index contributed by atoms with van der Waals surface area (Å²) in [7, 11) is -4.01. The quantitative estimate of drug-likeness (QED) is 0.290. The van der Waals surface area contributed by atoms with Gasteiger partial charge < -0.3 is 4.18 Å². The van der Waals surface area contributed by atoms with Crippen LogP contribution in [0.2, 0.25) is 10.0 Å². The van der Waals surface area contributed by atoms with Crippen LogP contribution in [0.1, 0.15) is 11.1 Å². The summed E-state index contributed by atoms with van der Waals surface area (Å²) in [6, 6.07) is 21.2. The number of nitriles is 1. The van der Waals surface area contributed by atoms with Gasteiger partial charge >= 0.3 is 10.1 Å². The second kappa shape index (κ2) is 8.49. The van der Waals surface area contributed by atoms with E-state index in [2.05, 4.69) is 6.07 Å². The molecule has 0 saturated heterocycles.